The number of pyridine rings is 1. The molecule has 0 saturated heterocycles. The average molecular weight is 536 g/mol. The Morgan fingerprint density at radius 3 is 2.75 bits per heavy atom. The quantitative estimate of drug-likeness (QED) is 0.311. The molecule has 0 saturated carbocycles. The first-order chi connectivity index (χ1) is 19.4. The van der Waals surface area contributed by atoms with Crippen LogP contribution in [0.5, 0.6) is 0 Å². The molecule has 202 valence electrons. The summed E-state index contributed by atoms with van der Waals surface area (Å²) in [6.45, 7) is 4.27. The molecule has 11 nitrogen and oxygen atoms in total. The molecule has 40 heavy (non-hydrogen) atoms. The van der Waals surface area contributed by atoms with Gasteiger partial charge in [0.1, 0.15) is 5.82 Å². The van der Waals surface area contributed by atoms with Crippen molar-refractivity contribution in [2.75, 3.05) is 5.32 Å². The number of nitrogens with zero attached hydrogens (tertiary/aromatic N) is 6. The van der Waals surface area contributed by atoms with Crippen molar-refractivity contribution in [2.24, 2.45) is 7.05 Å². The van der Waals surface area contributed by atoms with Gasteiger partial charge in [0.15, 0.2) is 5.54 Å². The number of benzene rings is 1. The van der Waals surface area contributed by atoms with Gasteiger partial charge in [0, 0.05) is 42.9 Å². The molecule has 4 aromatic heterocycles. The number of aromatic amines is 1. The van der Waals surface area contributed by atoms with Crippen molar-refractivity contribution in [3.05, 3.63) is 111 Å². The summed E-state index contributed by atoms with van der Waals surface area (Å²) in [4.78, 5) is 25.6. The zero-order valence-electron chi connectivity index (χ0n) is 22.5. The van der Waals surface area contributed by atoms with Crippen LogP contribution in [0.4, 0.5) is 5.69 Å². The molecular formula is C29H29N9O2. The highest BCUT2D eigenvalue weighted by Gasteiger charge is 2.51. The van der Waals surface area contributed by atoms with Gasteiger partial charge in [-0.2, -0.15) is 9.78 Å². The van der Waals surface area contributed by atoms with Gasteiger partial charge in [0.05, 0.1) is 29.8 Å². The highest BCUT2D eigenvalue weighted by Crippen LogP contribution is 2.48. The van der Waals surface area contributed by atoms with Crippen molar-refractivity contribution in [3.63, 3.8) is 0 Å². The fourth-order valence-electron chi connectivity index (χ4n) is 5.73. The second-order valence-corrected chi connectivity index (χ2v) is 10.4. The molecule has 5 aromatic rings. The van der Waals surface area contributed by atoms with Crippen LogP contribution in [0.2, 0.25) is 0 Å². The summed E-state index contributed by atoms with van der Waals surface area (Å²) in [7, 11) is 1.87. The summed E-state index contributed by atoms with van der Waals surface area (Å²) in [5.74, 6) is 0.505. The number of nitrogens with one attached hydrogen (secondary N) is 3. The van der Waals surface area contributed by atoms with Gasteiger partial charge in [-0.1, -0.05) is 24.3 Å². The number of anilines is 1. The average Bonchev–Trinajstić information content (AvgIpc) is 3.72. The molecular weight excluding hydrogens is 506 g/mol. The molecule has 0 bridgehead atoms. The normalized spacial score (nSPS) is 20.2. The van der Waals surface area contributed by atoms with E-state index in [9.17, 15) is 4.79 Å². The molecule has 2 aliphatic rings. The zero-order chi connectivity index (χ0) is 27.4. The smallest absolute Gasteiger partial charge is 0.389 e. The topological polar surface area (TPSA) is 131 Å². The minimum absolute atomic E-state index is 0.248. The fraction of sp³-hybridized carbons (Fsp3) is 0.276. The Kier molecular flexibility index (Phi) is 5.56. The maximum absolute atomic E-state index is 12.8. The van der Waals surface area contributed by atoms with Gasteiger partial charge < -0.3 is 14.7 Å². The highest BCUT2D eigenvalue weighted by molar-refractivity contribution is 5.65. The molecule has 0 fully saturated rings. The predicted octanol–water partition coefficient (Wildman–Crippen LogP) is 3.58. The Morgan fingerprint density at radius 1 is 1.12 bits per heavy atom. The van der Waals surface area contributed by atoms with Crippen LogP contribution in [0.1, 0.15) is 47.8 Å². The van der Waals surface area contributed by atoms with E-state index < -0.39 is 11.3 Å². The van der Waals surface area contributed by atoms with Crippen LogP contribution in [-0.4, -0.2) is 34.5 Å². The molecule has 3 N–H and O–H groups in total. The van der Waals surface area contributed by atoms with Crippen LogP contribution in [0.25, 0.3) is 11.4 Å². The lowest BCUT2D eigenvalue weighted by Crippen LogP contribution is -2.53. The van der Waals surface area contributed by atoms with E-state index in [4.69, 9.17) is 9.40 Å². The summed E-state index contributed by atoms with van der Waals surface area (Å²) in [6, 6.07) is 12.0. The van der Waals surface area contributed by atoms with E-state index in [0.717, 1.165) is 46.1 Å². The lowest BCUT2D eigenvalue weighted by atomic mass is 9.76. The summed E-state index contributed by atoms with van der Waals surface area (Å²) in [5.41, 5.74) is 6.71. The van der Waals surface area contributed by atoms with E-state index in [2.05, 4.69) is 42.9 Å². The van der Waals surface area contributed by atoms with E-state index in [0.29, 0.717) is 13.0 Å². The number of hydrogen-bond donors (Lipinski definition) is 3. The first kappa shape index (κ1) is 24.3. The minimum atomic E-state index is -1.12. The zero-order valence-corrected chi connectivity index (χ0v) is 22.5. The van der Waals surface area contributed by atoms with Gasteiger partial charge in [-0.05, 0) is 55.5 Å². The maximum atomic E-state index is 12.8. The number of imidazole rings is 1. The summed E-state index contributed by atoms with van der Waals surface area (Å²) < 4.78 is 8.98. The van der Waals surface area contributed by atoms with Gasteiger partial charge in [-0.15, -0.1) is 5.10 Å². The molecule has 2 aliphatic heterocycles. The molecule has 11 heteroatoms. The number of rotatable bonds is 5. The van der Waals surface area contributed by atoms with Crippen molar-refractivity contribution in [3.8, 4) is 11.4 Å². The van der Waals surface area contributed by atoms with Gasteiger partial charge in [0.25, 0.3) is 0 Å². The Balaban J connectivity index is 1.41. The third kappa shape index (κ3) is 3.81. The largest absolute Gasteiger partial charge is 0.437 e. The number of H-pyrrole nitrogens is 1. The first-order valence-corrected chi connectivity index (χ1v) is 13.3. The van der Waals surface area contributed by atoms with Gasteiger partial charge in [-0.25, -0.2) is 9.78 Å². The third-order valence-electron chi connectivity index (χ3n) is 7.73. The van der Waals surface area contributed by atoms with E-state index in [-0.39, 0.29) is 11.9 Å². The van der Waals surface area contributed by atoms with Crippen LogP contribution < -0.4 is 16.4 Å². The Bertz CT molecular complexity index is 1810. The van der Waals surface area contributed by atoms with E-state index >= 15 is 0 Å². The standard InChI is InChI=1S/C29H29N9O2/c1-4-38-28(39)40-27(36-38)29(20-14-32-37(3)16-20)25-19(11-18-7-5-6-8-21(18)33-25)12-23(35-29)26-31-15-24(34-26)22-10-9-17(2)13-30-22/h5-10,13-16,23,33,35H,4,11-12H2,1-3H3,(H,31,34)/t23-,29?/m1/s1. The van der Waals surface area contributed by atoms with Crippen LogP contribution in [0.15, 0.2) is 81.7 Å². The second kappa shape index (κ2) is 9.16. The van der Waals surface area contributed by atoms with E-state index in [1.165, 1.54) is 15.8 Å². The maximum Gasteiger partial charge on any atom is 0.437 e. The molecule has 2 atom stereocenters. The molecule has 0 radical (unpaired) electrons. The monoisotopic (exact) mass is 535 g/mol. The predicted molar refractivity (Wildman–Crippen MR) is 148 cm³/mol. The number of hydrogen-bond acceptors (Lipinski definition) is 8. The number of fused-ring (bicyclic) bond motifs is 1. The molecule has 0 amide bonds. The molecule has 7 rings (SSSR count). The Labute approximate surface area is 230 Å². The lowest BCUT2D eigenvalue weighted by molar-refractivity contribution is 0.282. The lowest BCUT2D eigenvalue weighted by Gasteiger charge is -2.44. The molecule has 1 aromatic carbocycles. The molecule has 0 aliphatic carbocycles. The third-order valence-corrected chi connectivity index (χ3v) is 7.73. The first-order valence-electron chi connectivity index (χ1n) is 13.3. The molecule has 1 unspecified atom stereocenters. The van der Waals surface area contributed by atoms with Crippen molar-refractivity contribution in [1.82, 2.24) is 39.8 Å². The molecule has 6 heterocycles. The van der Waals surface area contributed by atoms with E-state index in [1.54, 1.807) is 10.9 Å². The van der Waals surface area contributed by atoms with E-state index in [1.807, 2.05) is 63.8 Å². The van der Waals surface area contributed by atoms with Crippen molar-refractivity contribution >= 4 is 5.69 Å². The summed E-state index contributed by atoms with van der Waals surface area (Å²) in [5, 5.41) is 16.6. The van der Waals surface area contributed by atoms with Crippen molar-refractivity contribution in [1.29, 1.82) is 0 Å². The van der Waals surface area contributed by atoms with Gasteiger partial charge >= 0.3 is 5.76 Å². The summed E-state index contributed by atoms with van der Waals surface area (Å²) in [6.07, 6.45) is 8.80. The van der Waals surface area contributed by atoms with Gasteiger partial charge in [0.2, 0.25) is 5.89 Å². The van der Waals surface area contributed by atoms with Crippen molar-refractivity contribution < 1.29 is 4.42 Å². The van der Waals surface area contributed by atoms with Crippen LogP contribution in [-0.2, 0) is 25.6 Å². The van der Waals surface area contributed by atoms with Crippen LogP contribution >= 0.6 is 0 Å². The van der Waals surface area contributed by atoms with Gasteiger partial charge in [-0.3, -0.25) is 15.0 Å². The minimum Gasteiger partial charge on any atom is -0.389 e. The Hall–Kier alpha value is -4.77. The molecule has 0 spiro atoms. The highest BCUT2D eigenvalue weighted by atomic mass is 16.4. The summed E-state index contributed by atoms with van der Waals surface area (Å²) >= 11 is 0. The van der Waals surface area contributed by atoms with Crippen LogP contribution in [0.3, 0.4) is 0 Å². The van der Waals surface area contributed by atoms with Crippen molar-refractivity contribution in [2.45, 2.75) is 44.8 Å². The Morgan fingerprint density at radius 2 is 2.00 bits per heavy atom. The second-order valence-electron chi connectivity index (χ2n) is 10.4. The number of para-hydroxylation sites is 1. The number of aryl methyl sites for hydroxylation is 3. The van der Waals surface area contributed by atoms with Crippen LogP contribution in [0, 0.1) is 6.92 Å². The number of aromatic nitrogens is 7. The fourth-order valence-corrected chi connectivity index (χ4v) is 5.73. The SMILES string of the molecule is CCn1nc(C2(c3cnn(C)c3)N[C@@H](c3ncc(-c4ccc(C)cn4)[nH]3)CC3=C2Nc2ccccc2C3)oc1=O.